The van der Waals surface area contributed by atoms with Gasteiger partial charge in [0.05, 0.1) is 6.04 Å². The molecule has 18 heavy (non-hydrogen) atoms. The first-order valence-corrected chi connectivity index (χ1v) is 6.32. The van der Waals surface area contributed by atoms with Crippen LogP contribution in [0.25, 0.3) is 0 Å². The summed E-state index contributed by atoms with van der Waals surface area (Å²) in [6.45, 7) is 4.69. The zero-order valence-electron chi connectivity index (χ0n) is 11.2. The maximum absolute atomic E-state index is 12.8. The smallest absolute Gasteiger partial charge is 0.317 e. The molecule has 1 aromatic rings. The lowest BCUT2D eigenvalue weighted by Crippen LogP contribution is -2.39. The first-order chi connectivity index (χ1) is 8.56. The van der Waals surface area contributed by atoms with Crippen molar-refractivity contribution in [1.29, 1.82) is 0 Å². The lowest BCUT2D eigenvalue weighted by molar-refractivity contribution is 0.194. The molecule has 0 aliphatic heterocycles. The average molecular weight is 252 g/mol. The summed E-state index contributed by atoms with van der Waals surface area (Å²) in [7, 11) is 1.75. The van der Waals surface area contributed by atoms with Crippen LogP contribution in [0.1, 0.15) is 38.3 Å². The van der Waals surface area contributed by atoms with Gasteiger partial charge in [0.1, 0.15) is 5.82 Å². The number of rotatable bonds is 5. The Bertz CT molecular complexity index is 378. The van der Waals surface area contributed by atoms with E-state index in [1.807, 2.05) is 6.92 Å². The maximum atomic E-state index is 12.8. The molecule has 0 saturated heterocycles. The van der Waals surface area contributed by atoms with Crippen LogP contribution < -0.4 is 5.32 Å². The highest BCUT2D eigenvalue weighted by atomic mass is 19.1. The second kappa shape index (κ2) is 6.99. The van der Waals surface area contributed by atoms with Crippen LogP contribution in [0.15, 0.2) is 24.3 Å². The van der Waals surface area contributed by atoms with E-state index in [9.17, 15) is 9.18 Å². The van der Waals surface area contributed by atoms with Gasteiger partial charge in [-0.25, -0.2) is 9.18 Å². The number of halogens is 1. The van der Waals surface area contributed by atoms with Crippen LogP contribution in [0, 0.1) is 5.82 Å². The minimum Gasteiger partial charge on any atom is -0.338 e. The number of hydrogen-bond acceptors (Lipinski definition) is 1. The summed E-state index contributed by atoms with van der Waals surface area (Å²) in [4.78, 5) is 13.5. The third kappa shape index (κ3) is 4.02. The molecule has 0 bridgehead atoms. The topological polar surface area (TPSA) is 32.3 Å². The fourth-order valence-electron chi connectivity index (χ4n) is 1.64. The lowest BCUT2D eigenvalue weighted by atomic mass is 10.1. The van der Waals surface area contributed by atoms with Gasteiger partial charge in [-0.1, -0.05) is 25.5 Å². The van der Waals surface area contributed by atoms with E-state index < -0.39 is 0 Å². The van der Waals surface area contributed by atoms with Crippen LogP contribution in [0.2, 0.25) is 0 Å². The predicted octanol–water partition coefficient (Wildman–Crippen LogP) is 3.33. The number of urea groups is 1. The Morgan fingerprint density at radius 3 is 2.56 bits per heavy atom. The number of carbonyl (C=O) groups is 1. The lowest BCUT2D eigenvalue weighted by Gasteiger charge is -2.25. The zero-order chi connectivity index (χ0) is 13.5. The van der Waals surface area contributed by atoms with Crippen molar-refractivity contribution in [3.05, 3.63) is 35.6 Å². The van der Waals surface area contributed by atoms with Crippen molar-refractivity contribution < 1.29 is 9.18 Å². The van der Waals surface area contributed by atoms with Crippen LogP contribution in [0.5, 0.6) is 0 Å². The van der Waals surface area contributed by atoms with E-state index in [0.29, 0.717) is 6.54 Å². The molecule has 4 heteroatoms. The number of unbranched alkanes of at least 4 members (excludes halogenated alkanes) is 1. The Morgan fingerprint density at radius 1 is 1.39 bits per heavy atom. The highest BCUT2D eigenvalue weighted by molar-refractivity contribution is 5.74. The number of benzene rings is 1. The van der Waals surface area contributed by atoms with Gasteiger partial charge in [-0.3, -0.25) is 0 Å². The van der Waals surface area contributed by atoms with E-state index >= 15 is 0 Å². The number of hydrogen-bond donors (Lipinski definition) is 1. The van der Waals surface area contributed by atoms with E-state index in [4.69, 9.17) is 0 Å². The molecule has 0 fully saturated rings. The van der Waals surface area contributed by atoms with E-state index in [2.05, 4.69) is 12.2 Å². The molecule has 0 aliphatic rings. The van der Waals surface area contributed by atoms with Gasteiger partial charge in [0.25, 0.3) is 0 Å². The Kier molecular flexibility index (Phi) is 5.62. The summed E-state index contributed by atoms with van der Waals surface area (Å²) in [5.41, 5.74) is 0.921. The van der Waals surface area contributed by atoms with Crippen LogP contribution >= 0.6 is 0 Å². The molecule has 0 heterocycles. The average Bonchev–Trinajstić information content (AvgIpc) is 2.38. The van der Waals surface area contributed by atoms with Gasteiger partial charge in [0.15, 0.2) is 0 Å². The molecular formula is C14H21FN2O. The zero-order valence-corrected chi connectivity index (χ0v) is 11.2. The fraction of sp³-hybridized carbons (Fsp3) is 0.500. The standard InChI is InChI=1S/C14H21FN2O/c1-4-5-10-16-14(18)17(3)11(2)12-6-8-13(15)9-7-12/h6-9,11H,4-5,10H2,1-3H3,(H,16,18). The van der Waals surface area contributed by atoms with Crippen molar-refractivity contribution in [1.82, 2.24) is 10.2 Å². The van der Waals surface area contributed by atoms with Crippen LogP contribution in [0.4, 0.5) is 9.18 Å². The monoisotopic (exact) mass is 252 g/mol. The first-order valence-electron chi connectivity index (χ1n) is 6.32. The third-order valence-corrected chi connectivity index (χ3v) is 3.06. The first kappa shape index (κ1) is 14.5. The second-order valence-electron chi connectivity index (χ2n) is 4.42. The number of nitrogens with zero attached hydrogens (tertiary/aromatic N) is 1. The molecule has 100 valence electrons. The second-order valence-corrected chi connectivity index (χ2v) is 4.42. The van der Waals surface area contributed by atoms with Crippen molar-refractivity contribution in [2.45, 2.75) is 32.7 Å². The Hall–Kier alpha value is -1.58. The van der Waals surface area contributed by atoms with Crippen molar-refractivity contribution in [2.75, 3.05) is 13.6 Å². The van der Waals surface area contributed by atoms with Gasteiger partial charge in [-0.2, -0.15) is 0 Å². The number of amides is 2. The molecule has 1 N–H and O–H groups in total. The minimum absolute atomic E-state index is 0.0766. The van der Waals surface area contributed by atoms with Gasteiger partial charge in [0, 0.05) is 13.6 Å². The normalized spacial score (nSPS) is 12.0. The Balaban J connectivity index is 2.57. The van der Waals surface area contributed by atoms with E-state index in [1.165, 1.54) is 12.1 Å². The molecule has 1 atom stereocenters. The molecule has 0 aliphatic carbocycles. The van der Waals surface area contributed by atoms with Gasteiger partial charge in [-0.05, 0) is 31.0 Å². The molecule has 1 unspecified atom stereocenters. The maximum Gasteiger partial charge on any atom is 0.317 e. The highest BCUT2D eigenvalue weighted by Crippen LogP contribution is 2.18. The summed E-state index contributed by atoms with van der Waals surface area (Å²) in [5.74, 6) is -0.263. The number of carbonyl (C=O) groups excluding carboxylic acids is 1. The molecule has 1 aromatic carbocycles. The molecule has 0 radical (unpaired) electrons. The molecule has 0 aromatic heterocycles. The van der Waals surface area contributed by atoms with Crippen LogP contribution in [-0.4, -0.2) is 24.5 Å². The molecule has 2 amide bonds. The minimum atomic E-state index is -0.263. The summed E-state index contributed by atoms with van der Waals surface area (Å²) >= 11 is 0. The van der Waals surface area contributed by atoms with Crippen molar-refractivity contribution in [2.24, 2.45) is 0 Å². The largest absolute Gasteiger partial charge is 0.338 e. The molecule has 3 nitrogen and oxygen atoms in total. The SMILES string of the molecule is CCCCNC(=O)N(C)C(C)c1ccc(F)cc1. The Morgan fingerprint density at radius 2 is 2.00 bits per heavy atom. The van der Waals surface area contributed by atoms with Gasteiger partial charge >= 0.3 is 6.03 Å². The van der Waals surface area contributed by atoms with Gasteiger partial charge in [-0.15, -0.1) is 0 Å². The third-order valence-electron chi connectivity index (χ3n) is 3.06. The van der Waals surface area contributed by atoms with Crippen molar-refractivity contribution >= 4 is 6.03 Å². The van der Waals surface area contributed by atoms with Crippen LogP contribution in [-0.2, 0) is 0 Å². The summed E-state index contributed by atoms with van der Waals surface area (Å²) in [6.07, 6.45) is 2.03. The fourth-order valence-corrected chi connectivity index (χ4v) is 1.64. The van der Waals surface area contributed by atoms with E-state index in [0.717, 1.165) is 18.4 Å². The highest BCUT2D eigenvalue weighted by Gasteiger charge is 2.16. The van der Waals surface area contributed by atoms with E-state index in [1.54, 1.807) is 24.1 Å². The molecule has 0 saturated carbocycles. The number of nitrogens with one attached hydrogen (secondary N) is 1. The van der Waals surface area contributed by atoms with E-state index in [-0.39, 0.29) is 17.9 Å². The summed E-state index contributed by atoms with van der Waals surface area (Å²) < 4.78 is 12.8. The molecular weight excluding hydrogens is 231 g/mol. The van der Waals surface area contributed by atoms with Crippen molar-refractivity contribution in [3.8, 4) is 0 Å². The van der Waals surface area contributed by atoms with Crippen molar-refractivity contribution in [3.63, 3.8) is 0 Å². The predicted molar refractivity (Wildman–Crippen MR) is 70.9 cm³/mol. The molecule has 0 spiro atoms. The van der Waals surface area contributed by atoms with Gasteiger partial charge in [0.2, 0.25) is 0 Å². The summed E-state index contributed by atoms with van der Waals surface area (Å²) in [6, 6.07) is 6.06. The molecule has 1 rings (SSSR count). The van der Waals surface area contributed by atoms with Gasteiger partial charge < -0.3 is 10.2 Å². The quantitative estimate of drug-likeness (QED) is 0.801. The summed E-state index contributed by atoms with van der Waals surface area (Å²) in [5, 5.41) is 2.86. The van der Waals surface area contributed by atoms with Crippen LogP contribution in [0.3, 0.4) is 0 Å². The Labute approximate surface area is 108 Å².